The number of hydrazine groups is 1. The van der Waals surface area contributed by atoms with Crippen molar-refractivity contribution in [3.63, 3.8) is 0 Å². The van der Waals surface area contributed by atoms with Gasteiger partial charge in [-0.15, -0.1) is 0 Å². The molecule has 6 heteroatoms. The number of ketones is 2. The Bertz CT molecular complexity index is 794. The van der Waals surface area contributed by atoms with Crippen molar-refractivity contribution >= 4 is 17.5 Å². The first-order chi connectivity index (χ1) is 10.9. The monoisotopic (exact) mass is 310 g/mol. The van der Waals surface area contributed by atoms with Gasteiger partial charge in [0.15, 0.2) is 0 Å². The molecule has 3 rings (SSSR count). The van der Waals surface area contributed by atoms with Crippen LogP contribution in [0.2, 0.25) is 0 Å². The van der Waals surface area contributed by atoms with Crippen molar-refractivity contribution < 1.29 is 19.5 Å². The fourth-order valence-electron chi connectivity index (χ4n) is 2.53. The Morgan fingerprint density at radius 3 is 2.04 bits per heavy atom. The van der Waals surface area contributed by atoms with Crippen molar-refractivity contribution in [2.24, 2.45) is 0 Å². The van der Waals surface area contributed by atoms with Crippen LogP contribution in [-0.4, -0.2) is 28.3 Å². The van der Waals surface area contributed by atoms with Crippen LogP contribution in [0.1, 0.15) is 36.6 Å². The molecule has 0 bridgehead atoms. The zero-order chi connectivity index (χ0) is 16.6. The van der Waals surface area contributed by atoms with Gasteiger partial charge in [-0.1, -0.05) is 42.5 Å². The number of rotatable bonds is 3. The average molecular weight is 310 g/mol. The number of hydrogen-bond acceptors (Lipinski definition) is 5. The maximum atomic E-state index is 12.3. The molecule has 3 N–H and O–H groups in total. The molecular weight excluding hydrogens is 296 g/mol. The largest absolute Gasteiger partial charge is 0.361 e. The van der Waals surface area contributed by atoms with Crippen molar-refractivity contribution in [3.8, 4) is 0 Å². The number of hydrogen-bond donors (Lipinski definition) is 3. The number of carbonyl (C=O) groups is 3. The molecule has 0 unspecified atom stereocenters. The summed E-state index contributed by atoms with van der Waals surface area (Å²) in [4.78, 5) is 36.7. The molecule has 0 aliphatic heterocycles. The van der Waals surface area contributed by atoms with Gasteiger partial charge < -0.3 is 5.11 Å². The van der Waals surface area contributed by atoms with Crippen LogP contribution < -0.4 is 10.9 Å². The third kappa shape index (κ3) is 2.34. The van der Waals surface area contributed by atoms with E-state index in [2.05, 4.69) is 10.9 Å². The van der Waals surface area contributed by atoms with Crippen molar-refractivity contribution in [1.82, 2.24) is 10.9 Å². The first kappa shape index (κ1) is 15.1. The zero-order valence-corrected chi connectivity index (χ0v) is 12.3. The summed E-state index contributed by atoms with van der Waals surface area (Å²) in [6, 6.07) is 12.9. The molecule has 0 fully saturated rings. The third-order valence-electron chi connectivity index (χ3n) is 3.82. The highest BCUT2D eigenvalue weighted by atomic mass is 16.3. The molecule has 0 spiro atoms. The highest BCUT2D eigenvalue weighted by Crippen LogP contribution is 2.27. The van der Waals surface area contributed by atoms with Crippen molar-refractivity contribution in [2.75, 3.05) is 0 Å². The SMILES string of the molecule is Cc1ccccc1C(=O)NNC1(O)C(=O)c2ccccc2C1=O. The number of fused-ring (bicyclic) bond motifs is 1. The molecule has 0 saturated carbocycles. The molecule has 116 valence electrons. The van der Waals surface area contributed by atoms with Crippen LogP contribution in [0.25, 0.3) is 0 Å². The predicted molar refractivity (Wildman–Crippen MR) is 81.8 cm³/mol. The Kier molecular flexibility index (Phi) is 3.55. The van der Waals surface area contributed by atoms with E-state index in [9.17, 15) is 19.5 Å². The lowest BCUT2D eigenvalue weighted by Crippen LogP contribution is -2.61. The lowest BCUT2D eigenvalue weighted by atomic mass is 10.1. The van der Waals surface area contributed by atoms with E-state index >= 15 is 0 Å². The van der Waals surface area contributed by atoms with E-state index in [0.29, 0.717) is 5.56 Å². The second kappa shape index (κ2) is 5.42. The summed E-state index contributed by atoms with van der Waals surface area (Å²) >= 11 is 0. The molecule has 1 amide bonds. The second-order valence-electron chi connectivity index (χ2n) is 5.31. The number of carbonyl (C=O) groups excluding carboxylic acids is 3. The van der Waals surface area contributed by atoms with Gasteiger partial charge in [-0.2, -0.15) is 5.43 Å². The van der Waals surface area contributed by atoms with Crippen LogP contribution in [0.15, 0.2) is 48.5 Å². The fraction of sp³-hybridized carbons (Fsp3) is 0.118. The topological polar surface area (TPSA) is 95.5 Å². The zero-order valence-electron chi connectivity index (χ0n) is 12.3. The van der Waals surface area contributed by atoms with Gasteiger partial charge in [0.1, 0.15) is 0 Å². The molecule has 0 saturated heterocycles. The van der Waals surface area contributed by atoms with Crippen LogP contribution in [-0.2, 0) is 0 Å². The Morgan fingerprint density at radius 1 is 0.957 bits per heavy atom. The van der Waals surface area contributed by atoms with Crippen LogP contribution >= 0.6 is 0 Å². The standard InChI is InChI=1S/C17H14N2O4/c1-10-6-2-3-7-11(10)16(22)18-19-17(23)14(20)12-8-4-5-9-13(12)15(17)21/h2-9,19,23H,1H3,(H,18,22). The highest BCUT2D eigenvalue weighted by molar-refractivity contribution is 6.31. The second-order valence-corrected chi connectivity index (χ2v) is 5.31. The molecule has 0 aromatic heterocycles. The molecular formula is C17H14N2O4. The molecule has 6 nitrogen and oxygen atoms in total. The van der Waals surface area contributed by atoms with Gasteiger partial charge in [-0.05, 0) is 18.6 Å². The first-order valence-electron chi connectivity index (χ1n) is 6.99. The Balaban J connectivity index is 1.81. The van der Waals surface area contributed by atoms with Gasteiger partial charge in [0.05, 0.1) is 0 Å². The lowest BCUT2D eigenvalue weighted by molar-refractivity contribution is 0.0138. The van der Waals surface area contributed by atoms with E-state index < -0.39 is 23.2 Å². The minimum Gasteiger partial charge on any atom is -0.361 e. The number of benzene rings is 2. The number of aryl methyl sites for hydroxylation is 1. The molecule has 2 aromatic rings. The Hall–Kier alpha value is -2.83. The van der Waals surface area contributed by atoms with E-state index in [-0.39, 0.29) is 11.1 Å². The number of amides is 1. The molecule has 0 atom stereocenters. The van der Waals surface area contributed by atoms with Gasteiger partial charge in [0.2, 0.25) is 11.6 Å². The summed E-state index contributed by atoms with van der Waals surface area (Å²) in [7, 11) is 0. The molecule has 1 aliphatic carbocycles. The summed E-state index contributed by atoms with van der Waals surface area (Å²) in [5.41, 5.74) is 3.29. The van der Waals surface area contributed by atoms with Crippen molar-refractivity contribution in [3.05, 3.63) is 70.8 Å². The Morgan fingerprint density at radius 2 is 1.48 bits per heavy atom. The summed E-state index contributed by atoms with van der Waals surface area (Å²) in [5, 5.41) is 10.4. The lowest BCUT2D eigenvalue weighted by Gasteiger charge is -2.21. The molecule has 1 aliphatic rings. The van der Waals surface area contributed by atoms with E-state index in [4.69, 9.17) is 0 Å². The Labute approximate surface area is 132 Å². The summed E-state index contributed by atoms with van der Waals surface area (Å²) < 4.78 is 0. The minimum atomic E-state index is -2.48. The van der Waals surface area contributed by atoms with Gasteiger partial charge >= 0.3 is 0 Å². The summed E-state index contributed by atoms with van der Waals surface area (Å²) in [5.74, 6) is -2.13. The maximum absolute atomic E-state index is 12.3. The van der Waals surface area contributed by atoms with Gasteiger partial charge in [0.25, 0.3) is 11.6 Å². The maximum Gasteiger partial charge on any atom is 0.265 e. The highest BCUT2D eigenvalue weighted by Gasteiger charge is 2.52. The van der Waals surface area contributed by atoms with Crippen molar-refractivity contribution in [1.29, 1.82) is 0 Å². The van der Waals surface area contributed by atoms with Crippen molar-refractivity contribution in [2.45, 2.75) is 12.6 Å². The molecule has 0 radical (unpaired) electrons. The fourth-order valence-corrected chi connectivity index (χ4v) is 2.53. The first-order valence-corrected chi connectivity index (χ1v) is 6.99. The van der Waals surface area contributed by atoms with Crippen LogP contribution in [0.3, 0.4) is 0 Å². The number of nitrogens with one attached hydrogen (secondary N) is 2. The molecule has 23 heavy (non-hydrogen) atoms. The van der Waals surface area contributed by atoms with E-state index in [1.165, 1.54) is 12.1 Å². The quantitative estimate of drug-likeness (QED) is 0.446. The van der Waals surface area contributed by atoms with E-state index in [0.717, 1.165) is 5.56 Å². The number of aliphatic hydroxyl groups is 1. The van der Waals surface area contributed by atoms with Gasteiger partial charge in [-0.25, -0.2) is 0 Å². The van der Waals surface area contributed by atoms with E-state index in [1.807, 2.05) is 0 Å². The third-order valence-corrected chi connectivity index (χ3v) is 3.82. The normalized spacial score (nSPS) is 15.4. The van der Waals surface area contributed by atoms with Gasteiger partial charge in [-0.3, -0.25) is 19.8 Å². The van der Waals surface area contributed by atoms with Gasteiger partial charge in [0, 0.05) is 16.7 Å². The van der Waals surface area contributed by atoms with Crippen LogP contribution in [0.5, 0.6) is 0 Å². The average Bonchev–Trinajstić information content (AvgIpc) is 2.76. The molecule has 0 heterocycles. The molecule has 2 aromatic carbocycles. The predicted octanol–water partition coefficient (Wildman–Crippen LogP) is 0.997. The van der Waals surface area contributed by atoms with Crippen LogP contribution in [0.4, 0.5) is 0 Å². The summed E-state index contributed by atoms with van der Waals surface area (Å²) in [6.07, 6.45) is 0. The smallest absolute Gasteiger partial charge is 0.265 e. The summed E-state index contributed by atoms with van der Waals surface area (Å²) in [6.45, 7) is 1.76. The van der Waals surface area contributed by atoms with Crippen LogP contribution in [0, 0.1) is 6.92 Å². The van der Waals surface area contributed by atoms with E-state index in [1.54, 1.807) is 43.3 Å². The minimum absolute atomic E-state index is 0.123. The number of Topliss-reactive ketones (excluding diaryl/α,β-unsaturated/α-hetero) is 2.